The van der Waals surface area contributed by atoms with Gasteiger partial charge in [0.25, 0.3) is 0 Å². The molecule has 1 aromatic carbocycles. The van der Waals surface area contributed by atoms with E-state index < -0.39 is 11.7 Å². The summed E-state index contributed by atoms with van der Waals surface area (Å²) in [4.78, 5) is 0. The summed E-state index contributed by atoms with van der Waals surface area (Å²) in [5.74, 6) is 0. The van der Waals surface area contributed by atoms with E-state index in [1.54, 1.807) is 38.1 Å². The highest BCUT2D eigenvalue weighted by atomic mass is 19.4. The van der Waals surface area contributed by atoms with Crippen LogP contribution in [0.4, 0.5) is 13.2 Å². The molecule has 0 aromatic heterocycles. The Morgan fingerprint density at radius 1 is 1.06 bits per heavy atom. The third-order valence-corrected chi connectivity index (χ3v) is 3.04. The number of alkyl halides is 3. The first kappa shape index (κ1) is 14.0. The van der Waals surface area contributed by atoms with Crippen molar-refractivity contribution in [3.05, 3.63) is 35.4 Å². The van der Waals surface area contributed by atoms with E-state index in [4.69, 9.17) is 0 Å². The molecule has 0 bridgehead atoms. The van der Waals surface area contributed by atoms with Crippen molar-refractivity contribution in [1.29, 1.82) is 0 Å². The Morgan fingerprint density at radius 3 is 1.94 bits per heavy atom. The number of rotatable bonds is 4. The zero-order chi connectivity index (χ0) is 13.1. The smallest absolute Gasteiger partial charge is 0.300 e. The van der Waals surface area contributed by atoms with Crippen LogP contribution in [0, 0.1) is 6.92 Å². The van der Waals surface area contributed by atoms with Crippen molar-refractivity contribution >= 4 is 0 Å². The average Bonchev–Trinajstić information content (AvgIpc) is 2.25. The van der Waals surface area contributed by atoms with Gasteiger partial charge in [0.2, 0.25) is 0 Å². The van der Waals surface area contributed by atoms with Gasteiger partial charge in [0.05, 0.1) is 0 Å². The summed E-state index contributed by atoms with van der Waals surface area (Å²) in [6.07, 6.45) is -4.32. The summed E-state index contributed by atoms with van der Waals surface area (Å²) < 4.78 is 39.9. The van der Waals surface area contributed by atoms with Crippen LogP contribution in [0.5, 0.6) is 0 Å². The van der Waals surface area contributed by atoms with Crippen LogP contribution in [-0.4, -0.2) is 12.7 Å². The molecule has 0 aliphatic heterocycles. The molecule has 0 heterocycles. The Morgan fingerprint density at radius 2 is 1.59 bits per heavy atom. The normalized spacial score (nSPS) is 15.6. The highest BCUT2D eigenvalue weighted by Crippen LogP contribution is 2.41. The Hall–Kier alpha value is -1.03. The van der Waals surface area contributed by atoms with E-state index in [1.165, 1.54) is 0 Å². The van der Waals surface area contributed by atoms with Gasteiger partial charge in [0.1, 0.15) is 5.54 Å². The molecule has 4 heteroatoms. The van der Waals surface area contributed by atoms with Crippen molar-refractivity contribution < 1.29 is 13.2 Å². The molecule has 0 aliphatic rings. The second-order valence-corrected chi connectivity index (χ2v) is 4.15. The molecule has 1 nitrogen and oxygen atoms in total. The summed E-state index contributed by atoms with van der Waals surface area (Å²) in [5, 5.41) is 2.60. The van der Waals surface area contributed by atoms with Crippen LogP contribution in [0.3, 0.4) is 0 Å². The van der Waals surface area contributed by atoms with Crippen LogP contribution < -0.4 is 5.32 Å². The van der Waals surface area contributed by atoms with Crippen LogP contribution >= 0.6 is 0 Å². The molecule has 1 rings (SSSR count). The summed E-state index contributed by atoms with van der Waals surface area (Å²) in [7, 11) is 0. The van der Waals surface area contributed by atoms with Gasteiger partial charge in [-0.3, -0.25) is 0 Å². The number of benzene rings is 1. The zero-order valence-corrected chi connectivity index (χ0v) is 10.4. The van der Waals surface area contributed by atoms with E-state index in [9.17, 15) is 13.2 Å². The zero-order valence-electron chi connectivity index (χ0n) is 10.4. The first-order chi connectivity index (χ1) is 7.87. The molecule has 0 saturated heterocycles. The van der Waals surface area contributed by atoms with E-state index in [0.717, 1.165) is 5.56 Å². The predicted octanol–water partition coefficient (Wildman–Crippen LogP) is 3.77. The van der Waals surface area contributed by atoms with Crippen LogP contribution in [0.1, 0.15) is 31.4 Å². The maximum absolute atomic E-state index is 13.3. The molecule has 0 radical (unpaired) electrons. The summed E-state index contributed by atoms with van der Waals surface area (Å²) in [6.45, 7) is 5.37. The minimum Gasteiger partial charge on any atom is -0.300 e. The minimum atomic E-state index is -4.30. The average molecular weight is 245 g/mol. The molecule has 0 amide bonds. The fourth-order valence-electron chi connectivity index (χ4n) is 2.04. The van der Waals surface area contributed by atoms with E-state index in [-0.39, 0.29) is 18.5 Å². The third kappa shape index (κ3) is 2.63. The molecule has 0 saturated carbocycles. The quantitative estimate of drug-likeness (QED) is 0.851. The highest BCUT2D eigenvalue weighted by molar-refractivity contribution is 5.29. The number of nitrogens with one attached hydrogen (secondary N) is 1. The second-order valence-electron chi connectivity index (χ2n) is 4.15. The lowest BCUT2D eigenvalue weighted by Crippen LogP contribution is -2.53. The lowest BCUT2D eigenvalue weighted by molar-refractivity contribution is -0.202. The molecule has 1 unspecified atom stereocenters. The molecular formula is C13H18F3N. The van der Waals surface area contributed by atoms with Crippen molar-refractivity contribution in [2.75, 3.05) is 6.54 Å². The number of halogens is 3. The maximum atomic E-state index is 13.3. The van der Waals surface area contributed by atoms with Gasteiger partial charge in [-0.2, -0.15) is 13.2 Å². The van der Waals surface area contributed by atoms with Crippen LogP contribution in [0.25, 0.3) is 0 Å². The molecule has 0 spiro atoms. The van der Waals surface area contributed by atoms with Crippen molar-refractivity contribution in [2.24, 2.45) is 0 Å². The van der Waals surface area contributed by atoms with Crippen molar-refractivity contribution in [3.63, 3.8) is 0 Å². The Balaban J connectivity index is 3.26. The molecular weight excluding hydrogens is 227 g/mol. The first-order valence-corrected chi connectivity index (χ1v) is 5.76. The van der Waals surface area contributed by atoms with Crippen LogP contribution in [0.15, 0.2) is 24.3 Å². The molecule has 1 atom stereocenters. The van der Waals surface area contributed by atoms with Gasteiger partial charge in [-0.05, 0) is 25.5 Å². The monoisotopic (exact) mass is 245 g/mol. The number of aryl methyl sites for hydroxylation is 1. The van der Waals surface area contributed by atoms with Crippen LogP contribution in [-0.2, 0) is 5.54 Å². The molecule has 1 N–H and O–H groups in total. The third-order valence-electron chi connectivity index (χ3n) is 3.04. The Bertz CT molecular complexity index is 356. The lowest BCUT2D eigenvalue weighted by atomic mass is 9.86. The van der Waals surface area contributed by atoms with Crippen LogP contribution in [0.2, 0.25) is 0 Å². The van der Waals surface area contributed by atoms with E-state index in [2.05, 4.69) is 5.32 Å². The molecule has 0 aliphatic carbocycles. The predicted molar refractivity (Wildman–Crippen MR) is 62.9 cm³/mol. The fourth-order valence-corrected chi connectivity index (χ4v) is 2.04. The Kier molecular flexibility index (Phi) is 4.20. The summed E-state index contributed by atoms with van der Waals surface area (Å²) in [5.41, 5.74) is -0.701. The topological polar surface area (TPSA) is 12.0 Å². The number of hydrogen-bond donors (Lipinski definition) is 1. The van der Waals surface area contributed by atoms with Gasteiger partial charge in [0, 0.05) is 0 Å². The molecule has 96 valence electrons. The molecule has 1 aromatic rings. The molecule has 0 fully saturated rings. The van der Waals surface area contributed by atoms with Crippen molar-refractivity contribution in [3.8, 4) is 0 Å². The second kappa shape index (κ2) is 5.08. The van der Waals surface area contributed by atoms with Crippen molar-refractivity contribution in [1.82, 2.24) is 5.32 Å². The van der Waals surface area contributed by atoms with Crippen molar-refractivity contribution in [2.45, 2.75) is 38.9 Å². The van der Waals surface area contributed by atoms with E-state index in [1.807, 2.05) is 6.92 Å². The summed E-state index contributed by atoms with van der Waals surface area (Å²) >= 11 is 0. The first-order valence-electron chi connectivity index (χ1n) is 5.76. The largest absolute Gasteiger partial charge is 0.410 e. The van der Waals surface area contributed by atoms with Gasteiger partial charge >= 0.3 is 6.18 Å². The van der Waals surface area contributed by atoms with E-state index in [0.29, 0.717) is 0 Å². The number of hydrogen-bond acceptors (Lipinski definition) is 1. The SMILES string of the molecule is CCNC(CC)(c1ccc(C)cc1)C(F)(F)F. The van der Waals surface area contributed by atoms with Gasteiger partial charge in [-0.25, -0.2) is 0 Å². The standard InChI is InChI=1S/C13H18F3N/c1-4-12(17-5-2,13(14,15)16)11-8-6-10(3)7-9-11/h6-9,17H,4-5H2,1-3H3. The van der Waals surface area contributed by atoms with Gasteiger partial charge in [-0.15, -0.1) is 0 Å². The van der Waals surface area contributed by atoms with Gasteiger partial charge in [-0.1, -0.05) is 43.7 Å². The van der Waals surface area contributed by atoms with E-state index >= 15 is 0 Å². The summed E-state index contributed by atoms with van der Waals surface area (Å²) in [6, 6.07) is 6.52. The van der Waals surface area contributed by atoms with Gasteiger partial charge < -0.3 is 5.32 Å². The Labute approximate surface area is 100 Å². The maximum Gasteiger partial charge on any atom is 0.410 e. The van der Waals surface area contributed by atoms with Gasteiger partial charge in [0.15, 0.2) is 0 Å². The minimum absolute atomic E-state index is 0.0204. The fraction of sp³-hybridized carbons (Fsp3) is 0.538. The highest BCUT2D eigenvalue weighted by Gasteiger charge is 2.54. The lowest BCUT2D eigenvalue weighted by Gasteiger charge is -2.36. The molecule has 17 heavy (non-hydrogen) atoms.